The smallest absolute Gasteiger partial charge is 0.269 e. The highest BCUT2D eigenvalue weighted by Crippen LogP contribution is 2.12. The number of carbonyl (C=O) groups excluding carboxylic acids is 1. The number of halogens is 1. The Kier molecular flexibility index (Phi) is 9.26. The lowest BCUT2D eigenvalue weighted by atomic mass is 10.1. The Balaban J connectivity index is 0.00000529. The number of non-ortho nitro benzene ring substituents is 1. The van der Waals surface area contributed by atoms with Crippen LogP contribution in [0.25, 0.3) is 0 Å². The molecule has 0 unspecified atom stereocenters. The molecule has 0 saturated heterocycles. The van der Waals surface area contributed by atoms with Gasteiger partial charge in [-0.15, -0.1) is 24.0 Å². The number of amides is 1. The molecule has 1 rings (SSSR count). The maximum Gasteiger partial charge on any atom is 0.269 e. The number of aliphatic imine (C=N–C) groups is 1. The fourth-order valence-electron chi connectivity index (χ4n) is 1.81. The highest BCUT2D eigenvalue weighted by Gasteiger charge is 2.13. The summed E-state index contributed by atoms with van der Waals surface area (Å²) in [6.07, 6.45) is 0. The zero-order valence-electron chi connectivity index (χ0n) is 14.3. The minimum absolute atomic E-state index is 0. The van der Waals surface area contributed by atoms with Crippen LogP contribution >= 0.6 is 24.0 Å². The summed E-state index contributed by atoms with van der Waals surface area (Å²) >= 11 is 0. The maximum absolute atomic E-state index is 11.7. The number of rotatable bonds is 5. The van der Waals surface area contributed by atoms with Crippen molar-refractivity contribution in [2.24, 2.45) is 4.99 Å². The summed E-state index contributed by atoms with van der Waals surface area (Å²) in [6, 6.07) is 6.34. The Morgan fingerprint density at radius 3 is 2.50 bits per heavy atom. The zero-order valence-corrected chi connectivity index (χ0v) is 16.6. The van der Waals surface area contributed by atoms with Gasteiger partial charge in [-0.1, -0.05) is 12.1 Å². The van der Waals surface area contributed by atoms with Gasteiger partial charge >= 0.3 is 0 Å². The van der Waals surface area contributed by atoms with E-state index >= 15 is 0 Å². The third kappa shape index (κ3) is 8.65. The van der Waals surface area contributed by atoms with Crippen LogP contribution in [0.4, 0.5) is 5.69 Å². The van der Waals surface area contributed by atoms with E-state index in [4.69, 9.17) is 0 Å². The van der Waals surface area contributed by atoms with Crippen molar-refractivity contribution < 1.29 is 9.72 Å². The first-order valence-corrected chi connectivity index (χ1v) is 7.20. The average molecular weight is 449 g/mol. The third-order valence-electron chi connectivity index (χ3n) is 2.74. The van der Waals surface area contributed by atoms with Crippen molar-refractivity contribution in [1.82, 2.24) is 16.0 Å². The molecular weight excluding hydrogens is 425 g/mol. The van der Waals surface area contributed by atoms with Crippen LogP contribution in [0.2, 0.25) is 0 Å². The standard InChI is InChI=1S/C15H23N5O3.HI/c1-15(2,3)19-13(21)10-18-14(16-4)17-9-11-6-5-7-12(8-11)20(22)23;/h5-8H,9-10H2,1-4H3,(H,19,21)(H2,16,17,18);1H. The molecule has 8 nitrogen and oxygen atoms in total. The predicted molar refractivity (Wildman–Crippen MR) is 105 cm³/mol. The Bertz CT molecular complexity index is 599. The molecule has 0 aromatic heterocycles. The van der Waals surface area contributed by atoms with Crippen molar-refractivity contribution in [3.05, 3.63) is 39.9 Å². The van der Waals surface area contributed by atoms with E-state index in [0.29, 0.717) is 12.5 Å². The highest BCUT2D eigenvalue weighted by molar-refractivity contribution is 14.0. The molecule has 0 saturated carbocycles. The van der Waals surface area contributed by atoms with Crippen LogP contribution in [-0.2, 0) is 11.3 Å². The van der Waals surface area contributed by atoms with E-state index in [2.05, 4.69) is 20.9 Å². The molecule has 0 aliphatic carbocycles. The van der Waals surface area contributed by atoms with Crippen molar-refractivity contribution in [1.29, 1.82) is 0 Å². The van der Waals surface area contributed by atoms with Crippen LogP contribution in [0, 0.1) is 10.1 Å². The Hall–Kier alpha value is -1.91. The molecule has 0 fully saturated rings. The molecule has 9 heteroatoms. The molecule has 0 atom stereocenters. The van der Waals surface area contributed by atoms with Crippen molar-refractivity contribution in [3.8, 4) is 0 Å². The quantitative estimate of drug-likeness (QED) is 0.209. The molecule has 0 aliphatic heterocycles. The van der Waals surface area contributed by atoms with Crippen molar-refractivity contribution >= 4 is 41.5 Å². The fraction of sp³-hybridized carbons (Fsp3) is 0.467. The largest absolute Gasteiger partial charge is 0.352 e. The summed E-state index contributed by atoms with van der Waals surface area (Å²) in [7, 11) is 1.59. The third-order valence-corrected chi connectivity index (χ3v) is 2.74. The SMILES string of the molecule is CN=C(NCC(=O)NC(C)(C)C)NCc1cccc([N+](=O)[O-])c1.I. The van der Waals surface area contributed by atoms with Gasteiger partial charge in [0.1, 0.15) is 0 Å². The van der Waals surface area contributed by atoms with E-state index in [9.17, 15) is 14.9 Å². The zero-order chi connectivity index (χ0) is 17.5. The maximum atomic E-state index is 11.7. The number of nitro benzene ring substituents is 1. The number of nitrogens with one attached hydrogen (secondary N) is 3. The van der Waals surface area contributed by atoms with Gasteiger partial charge in [0.25, 0.3) is 5.69 Å². The lowest BCUT2D eigenvalue weighted by Crippen LogP contribution is -2.48. The molecule has 24 heavy (non-hydrogen) atoms. The summed E-state index contributed by atoms with van der Waals surface area (Å²) in [5.41, 5.74) is 0.497. The molecular formula is C15H24IN5O3. The lowest BCUT2D eigenvalue weighted by Gasteiger charge is -2.21. The summed E-state index contributed by atoms with van der Waals surface area (Å²) in [5, 5.41) is 19.5. The minimum atomic E-state index is -0.437. The van der Waals surface area contributed by atoms with Crippen LogP contribution in [0.5, 0.6) is 0 Å². The second kappa shape index (κ2) is 10.1. The van der Waals surface area contributed by atoms with Gasteiger partial charge in [0.05, 0.1) is 11.5 Å². The van der Waals surface area contributed by atoms with Crippen LogP contribution in [0.3, 0.4) is 0 Å². The number of guanidine groups is 1. The van der Waals surface area contributed by atoms with E-state index in [1.165, 1.54) is 12.1 Å². The van der Waals surface area contributed by atoms with E-state index in [0.717, 1.165) is 5.56 Å². The molecule has 0 spiro atoms. The van der Waals surface area contributed by atoms with Gasteiger partial charge in [-0.05, 0) is 26.3 Å². The van der Waals surface area contributed by atoms with E-state index in [1.807, 2.05) is 20.8 Å². The fourth-order valence-corrected chi connectivity index (χ4v) is 1.81. The van der Waals surface area contributed by atoms with E-state index in [-0.39, 0.29) is 47.7 Å². The van der Waals surface area contributed by atoms with Gasteiger partial charge in [0.15, 0.2) is 5.96 Å². The van der Waals surface area contributed by atoms with Crippen LogP contribution in [0.1, 0.15) is 26.3 Å². The topological polar surface area (TPSA) is 109 Å². The summed E-state index contributed by atoms with van der Waals surface area (Å²) in [6.45, 7) is 6.16. The van der Waals surface area contributed by atoms with Gasteiger partial charge < -0.3 is 16.0 Å². The molecule has 1 aromatic carbocycles. The minimum Gasteiger partial charge on any atom is -0.352 e. The number of hydrogen-bond donors (Lipinski definition) is 3. The monoisotopic (exact) mass is 449 g/mol. The average Bonchev–Trinajstić information content (AvgIpc) is 2.46. The number of carbonyl (C=O) groups is 1. The molecule has 1 aromatic rings. The normalized spacial score (nSPS) is 11.2. The highest BCUT2D eigenvalue weighted by atomic mass is 127. The lowest BCUT2D eigenvalue weighted by molar-refractivity contribution is -0.384. The van der Waals surface area contributed by atoms with Gasteiger partial charge in [0.2, 0.25) is 5.91 Å². The molecule has 1 amide bonds. The predicted octanol–water partition coefficient (Wildman–Crippen LogP) is 1.79. The first kappa shape index (κ1) is 22.1. The van der Waals surface area contributed by atoms with Crippen molar-refractivity contribution in [2.45, 2.75) is 32.9 Å². The molecule has 3 N–H and O–H groups in total. The second-order valence-electron chi connectivity index (χ2n) is 6.00. The number of benzene rings is 1. The van der Waals surface area contributed by atoms with Crippen molar-refractivity contribution in [2.75, 3.05) is 13.6 Å². The number of nitrogens with zero attached hydrogens (tertiary/aromatic N) is 2. The molecule has 134 valence electrons. The Morgan fingerprint density at radius 2 is 1.96 bits per heavy atom. The first-order valence-electron chi connectivity index (χ1n) is 7.20. The van der Waals surface area contributed by atoms with E-state index in [1.54, 1.807) is 19.2 Å². The first-order chi connectivity index (χ1) is 10.7. The summed E-state index contributed by atoms with van der Waals surface area (Å²) < 4.78 is 0. The molecule has 0 heterocycles. The van der Waals surface area contributed by atoms with Gasteiger partial charge in [-0.25, -0.2) is 0 Å². The van der Waals surface area contributed by atoms with Crippen molar-refractivity contribution in [3.63, 3.8) is 0 Å². The summed E-state index contributed by atoms with van der Waals surface area (Å²) in [5.74, 6) is 0.302. The van der Waals surface area contributed by atoms with E-state index < -0.39 is 4.92 Å². The molecule has 0 aliphatic rings. The number of nitro groups is 1. The second-order valence-corrected chi connectivity index (χ2v) is 6.00. The van der Waals surface area contributed by atoms with Crippen LogP contribution < -0.4 is 16.0 Å². The Morgan fingerprint density at radius 1 is 1.29 bits per heavy atom. The molecule has 0 radical (unpaired) electrons. The van der Waals surface area contributed by atoms with Gasteiger partial charge in [-0.3, -0.25) is 19.9 Å². The van der Waals surface area contributed by atoms with Gasteiger partial charge in [-0.2, -0.15) is 0 Å². The van der Waals surface area contributed by atoms with Gasteiger partial charge in [0, 0.05) is 31.3 Å². The summed E-state index contributed by atoms with van der Waals surface area (Å²) in [4.78, 5) is 26.1. The van der Waals surface area contributed by atoms with Crippen LogP contribution in [0.15, 0.2) is 29.3 Å². The van der Waals surface area contributed by atoms with Crippen LogP contribution in [-0.4, -0.2) is 35.9 Å². The number of hydrogen-bond acceptors (Lipinski definition) is 4. The Labute approximate surface area is 158 Å². The molecule has 0 bridgehead atoms.